The van der Waals surface area contributed by atoms with Gasteiger partial charge in [0.05, 0.1) is 36.1 Å². The van der Waals surface area contributed by atoms with Crippen LogP contribution < -0.4 is 11.5 Å². The second kappa shape index (κ2) is 24.2. The van der Waals surface area contributed by atoms with E-state index in [0.29, 0.717) is 67.0 Å². The number of hydrogen-bond donors (Lipinski definition) is 2. The van der Waals surface area contributed by atoms with E-state index in [9.17, 15) is 24.0 Å². The van der Waals surface area contributed by atoms with Crippen LogP contribution in [0, 0.1) is 67.8 Å². The van der Waals surface area contributed by atoms with Gasteiger partial charge >= 0.3 is 23.9 Å². The Hall–Kier alpha value is -0.290. The molecule has 0 bridgehead atoms. The van der Waals surface area contributed by atoms with Gasteiger partial charge in [0.1, 0.15) is 25.1 Å². The minimum atomic E-state index is -1.11. The highest BCUT2D eigenvalue weighted by molar-refractivity contribution is 14.1. The number of ketones is 1. The molecule has 17 heteroatoms. The number of nitrogen functional groups attached to an aromatic ring is 2. The largest absolute Gasteiger partial charge is 0.462 e. The van der Waals surface area contributed by atoms with Crippen LogP contribution >= 0.6 is 136 Å². The molecule has 67 heavy (non-hydrogen) atoms. The van der Waals surface area contributed by atoms with Crippen LogP contribution in [0.1, 0.15) is 123 Å². The number of ether oxygens (including phenoxy) is 4. The molecule has 2 aromatic carbocycles. The van der Waals surface area contributed by atoms with E-state index in [1.807, 2.05) is 26.0 Å². The predicted octanol–water partition coefficient (Wildman–Crippen LogP) is 12.2. The third kappa shape index (κ3) is 12.7. The van der Waals surface area contributed by atoms with Gasteiger partial charge in [0.15, 0.2) is 6.10 Å². The molecule has 4 aliphatic carbocycles. The minimum absolute atomic E-state index is 0.0543. The molecule has 2 aromatic rings. The number of nitrogens with two attached hydrogens (primary N) is 2. The number of rotatable bonds is 18. The molecule has 0 aliphatic heterocycles. The first-order chi connectivity index (χ1) is 31.6. The lowest BCUT2D eigenvalue weighted by atomic mass is 9.47. The van der Waals surface area contributed by atoms with Crippen LogP contribution in [0.15, 0.2) is 23.8 Å². The van der Waals surface area contributed by atoms with Crippen LogP contribution in [0.4, 0.5) is 11.4 Å². The van der Waals surface area contributed by atoms with Crippen molar-refractivity contribution in [3.05, 3.63) is 56.3 Å². The number of fused-ring (bicyclic) bond motifs is 5. The van der Waals surface area contributed by atoms with Crippen LogP contribution in [0.3, 0.4) is 0 Å². The normalized spacial score (nSPS) is 26.7. The Labute approximate surface area is 477 Å². The molecule has 0 spiro atoms. The van der Waals surface area contributed by atoms with Crippen LogP contribution in [0.2, 0.25) is 0 Å². The molecule has 368 valence electrons. The van der Waals surface area contributed by atoms with E-state index in [0.717, 1.165) is 77.5 Å². The van der Waals surface area contributed by atoms with Gasteiger partial charge in [-0.1, -0.05) is 39.3 Å². The van der Waals surface area contributed by atoms with Crippen LogP contribution in [-0.2, 0) is 55.8 Å². The highest BCUT2D eigenvalue weighted by Crippen LogP contribution is 2.66. The maximum Gasteiger partial charge on any atom is 0.309 e. The second-order valence-electron chi connectivity index (χ2n) is 19.5. The van der Waals surface area contributed by atoms with Gasteiger partial charge in [-0.15, -0.1) is 0 Å². The van der Waals surface area contributed by atoms with Crippen molar-refractivity contribution in [1.29, 1.82) is 0 Å². The van der Waals surface area contributed by atoms with Gasteiger partial charge in [-0.25, -0.2) is 0 Å². The van der Waals surface area contributed by atoms with E-state index in [4.69, 9.17) is 30.4 Å². The maximum absolute atomic E-state index is 13.6. The first kappa shape index (κ1) is 56.0. The van der Waals surface area contributed by atoms with Crippen LogP contribution in [-0.4, -0.2) is 55.1 Å². The average molecular weight is 1600 g/mol. The van der Waals surface area contributed by atoms with Crippen molar-refractivity contribution in [2.45, 2.75) is 137 Å². The standard InChI is InChI=1S/C50H62I6N2O9/c1-6-26(18-32-37(51)21-39(53)45(57)43(32)55)47(62)64-23-30(24-65-48(63)27(7-2)19-33-38(52)22-40(54)46(58)44(33)56)67-42(61)13-12-41(60)66-29-14-16-49(4)28(20-29)8-9-31-35-11-10-34(25(3)59)50(35,5)17-15-36(31)49/h8,21-22,26-27,29-31,34-36H,6-7,9-20,23-24,57-58H2,1-5H3/t26?,27?,29-,30?,31?,34+,35?,36?,49-,50+/m0/s1. The number of Topliss-reactive ketones (excluding diaryl/α,β-unsaturated/α-hetero) is 1. The summed E-state index contributed by atoms with van der Waals surface area (Å²) in [6.45, 7) is 9.70. The third-order valence-electron chi connectivity index (χ3n) is 15.7. The smallest absolute Gasteiger partial charge is 0.309 e. The SMILES string of the molecule is CCC(Cc1c(I)cc(I)c(N)c1I)C(=O)OCC(COC(=O)C(CC)Cc1c(I)cc(I)c(N)c1I)OC(=O)CCC(=O)O[C@H]1CC[C@@]2(C)C(=CCC3C2CC[C@@]2(C)C3CC[C@@H]2C(C)=O)C1. The topological polar surface area (TPSA) is 174 Å². The molecule has 0 radical (unpaired) electrons. The van der Waals surface area contributed by atoms with E-state index in [1.54, 1.807) is 6.92 Å². The molecule has 3 fully saturated rings. The number of benzene rings is 2. The summed E-state index contributed by atoms with van der Waals surface area (Å²) >= 11 is 13.4. The number of anilines is 2. The lowest BCUT2D eigenvalue weighted by molar-refractivity contribution is -0.170. The van der Waals surface area contributed by atoms with Gasteiger partial charge in [0.2, 0.25) is 0 Å². The van der Waals surface area contributed by atoms with Gasteiger partial charge in [-0.2, -0.15) is 0 Å². The summed E-state index contributed by atoms with van der Waals surface area (Å²) in [5.74, 6) is -0.863. The molecule has 0 heterocycles. The molecule has 4 aliphatic rings. The number of carbonyl (C=O) groups is 5. The average Bonchev–Trinajstić information content (AvgIpc) is 3.65. The molecule has 6 rings (SSSR count). The lowest BCUT2D eigenvalue weighted by Gasteiger charge is -2.58. The summed E-state index contributed by atoms with van der Waals surface area (Å²) in [7, 11) is 0. The van der Waals surface area contributed by atoms with Gasteiger partial charge < -0.3 is 30.4 Å². The molecule has 9 atom stereocenters. The Bertz CT molecular complexity index is 2180. The molecule has 4 N–H and O–H groups in total. The highest BCUT2D eigenvalue weighted by Gasteiger charge is 2.59. The Morgan fingerprint density at radius 2 is 1.25 bits per heavy atom. The molecule has 3 saturated carbocycles. The Kier molecular flexibility index (Phi) is 20.2. The van der Waals surface area contributed by atoms with Crippen molar-refractivity contribution in [2.24, 2.45) is 46.3 Å². The zero-order chi connectivity index (χ0) is 49.1. The van der Waals surface area contributed by atoms with E-state index < -0.39 is 41.8 Å². The summed E-state index contributed by atoms with van der Waals surface area (Å²) in [6.07, 6.45) is 10.2. The molecule has 5 unspecified atom stereocenters. The monoisotopic (exact) mass is 1600 g/mol. The van der Waals surface area contributed by atoms with Gasteiger partial charge in [-0.3, -0.25) is 24.0 Å². The van der Waals surface area contributed by atoms with Crippen molar-refractivity contribution >= 4 is 177 Å². The van der Waals surface area contributed by atoms with Crippen LogP contribution in [0.25, 0.3) is 0 Å². The molecule has 0 aromatic heterocycles. The maximum atomic E-state index is 13.6. The summed E-state index contributed by atoms with van der Waals surface area (Å²) in [5, 5.41) is 0. The van der Waals surface area contributed by atoms with Crippen LogP contribution in [0.5, 0.6) is 0 Å². The van der Waals surface area contributed by atoms with Crippen molar-refractivity contribution in [1.82, 2.24) is 0 Å². The molecule has 0 amide bonds. The highest BCUT2D eigenvalue weighted by atomic mass is 127. The fourth-order valence-electron chi connectivity index (χ4n) is 11.7. The zero-order valence-corrected chi connectivity index (χ0v) is 51.7. The van der Waals surface area contributed by atoms with E-state index >= 15 is 0 Å². The van der Waals surface area contributed by atoms with Gasteiger partial charge in [0.25, 0.3) is 0 Å². The number of carbonyl (C=O) groups excluding carboxylic acids is 5. The van der Waals surface area contributed by atoms with Crippen molar-refractivity contribution < 1.29 is 42.9 Å². The Morgan fingerprint density at radius 3 is 1.78 bits per heavy atom. The summed E-state index contributed by atoms with van der Waals surface area (Å²) in [4.78, 5) is 66.6. The fraction of sp³-hybridized carbons (Fsp3) is 0.620. The second-order valence-corrected chi connectivity index (χ2v) is 26.3. The Morgan fingerprint density at radius 1 is 0.716 bits per heavy atom. The quantitative estimate of drug-likeness (QED) is 0.0478. The van der Waals surface area contributed by atoms with Gasteiger partial charge in [0, 0.05) is 33.8 Å². The Balaban J connectivity index is 1.06. The number of hydrogen-bond acceptors (Lipinski definition) is 11. The summed E-state index contributed by atoms with van der Waals surface area (Å²) < 4.78 is 29.1. The summed E-state index contributed by atoms with van der Waals surface area (Å²) in [6, 6.07) is 3.98. The van der Waals surface area contributed by atoms with Crippen molar-refractivity contribution in [2.75, 3.05) is 24.7 Å². The number of allylic oxidation sites excluding steroid dienone is 1. The fourth-order valence-corrected chi connectivity index (χ4v) is 19.4. The zero-order valence-electron chi connectivity index (χ0n) is 38.8. The van der Waals surface area contributed by atoms with Gasteiger partial charge in [-0.05, 0) is 265 Å². The molecule has 11 nitrogen and oxygen atoms in total. The third-order valence-corrected chi connectivity index (χ3v) is 21.8. The molecule has 0 saturated heterocycles. The summed E-state index contributed by atoms with van der Waals surface area (Å²) in [5.41, 5.74) is 17.5. The first-order valence-electron chi connectivity index (χ1n) is 23.4. The lowest BCUT2D eigenvalue weighted by Crippen LogP contribution is -2.51. The first-order valence-corrected chi connectivity index (χ1v) is 29.9. The minimum Gasteiger partial charge on any atom is -0.462 e. The molecular formula is C50H62I6N2O9. The van der Waals surface area contributed by atoms with Crippen molar-refractivity contribution in [3.8, 4) is 0 Å². The van der Waals surface area contributed by atoms with E-state index in [1.165, 1.54) is 5.57 Å². The number of halogens is 6. The van der Waals surface area contributed by atoms with E-state index in [-0.39, 0.29) is 48.9 Å². The van der Waals surface area contributed by atoms with E-state index in [2.05, 4.69) is 155 Å². The molecular weight excluding hydrogens is 1530 g/mol. The predicted molar refractivity (Wildman–Crippen MR) is 310 cm³/mol. The number of esters is 4. The van der Waals surface area contributed by atoms with Crippen molar-refractivity contribution in [3.63, 3.8) is 0 Å².